The summed E-state index contributed by atoms with van der Waals surface area (Å²) in [5.74, 6) is -0.825. The maximum absolute atomic E-state index is 13.0. The van der Waals surface area contributed by atoms with Crippen molar-refractivity contribution >= 4 is 77.4 Å². The smallest absolute Gasteiger partial charge is 0.335 e. The standard InChI is InChI=1S/C24H15Br3N2O4/c25-16-4-1-14(2-5-16)13-33-21-10-3-15(12-20(21)27)11-19-22(30)28-24(32)29(23(19)31)18-8-6-17(26)7-9-18/h1-12H,13H2,(H,28,30,32)/b19-11-. The van der Waals surface area contributed by atoms with E-state index in [2.05, 4.69) is 53.1 Å². The van der Waals surface area contributed by atoms with E-state index in [1.54, 1.807) is 42.5 Å². The van der Waals surface area contributed by atoms with Gasteiger partial charge in [-0.05, 0) is 81.7 Å². The minimum Gasteiger partial charge on any atom is -0.488 e. The van der Waals surface area contributed by atoms with Crippen LogP contribution in [0.3, 0.4) is 0 Å². The number of rotatable bonds is 5. The number of imide groups is 2. The van der Waals surface area contributed by atoms with E-state index in [1.807, 2.05) is 24.3 Å². The number of carbonyl (C=O) groups is 3. The van der Waals surface area contributed by atoms with Gasteiger partial charge in [-0.25, -0.2) is 9.69 Å². The Labute approximate surface area is 215 Å². The predicted molar refractivity (Wildman–Crippen MR) is 136 cm³/mol. The monoisotopic (exact) mass is 632 g/mol. The Morgan fingerprint density at radius 3 is 2.12 bits per heavy atom. The molecule has 1 saturated heterocycles. The third-order valence-electron chi connectivity index (χ3n) is 4.76. The Kier molecular flexibility index (Phi) is 7.11. The van der Waals surface area contributed by atoms with Crippen LogP contribution >= 0.6 is 47.8 Å². The SMILES string of the molecule is O=C1NC(=O)N(c2ccc(Br)cc2)C(=O)/C1=C\c1ccc(OCc2ccc(Br)cc2)c(Br)c1. The molecular weight excluding hydrogens is 620 g/mol. The van der Waals surface area contributed by atoms with Crippen LogP contribution in [0.5, 0.6) is 5.75 Å². The second-order valence-corrected chi connectivity index (χ2v) is 9.72. The number of amides is 4. The third-order valence-corrected chi connectivity index (χ3v) is 6.44. The van der Waals surface area contributed by atoms with E-state index < -0.39 is 17.8 Å². The average molecular weight is 635 g/mol. The molecular formula is C24H15Br3N2O4. The van der Waals surface area contributed by atoms with Crippen LogP contribution in [-0.4, -0.2) is 17.8 Å². The molecule has 1 fully saturated rings. The second-order valence-electron chi connectivity index (χ2n) is 7.04. The fourth-order valence-corrected chi connectivity index (χ4v) is 4.15. The zero-order chi connectivity index (χ0) is 23.5. The van der Waals surface area contributed by atoms with Crippen LogP contribution in [0.4, 0.5) is 10.5 Å². The molecule has 0 aliphatic carbocycles. The van der Waals surface area contributed by atoms with Crippen LogP contribution < -0.4 is 15.0 Å². The van der Waals surface area contributed by atoms with Gasteiger partial charge in [-0.1, -0.05) is 50.1 Å². The number of benzene rings is 3. The highest BCUT2D eigenvalue weighted by Gasteiger charge is 2.36. The third kappa shape index (κ3) is 5.43. The van der Waals surface area contributed by atoms with Gasteiger partial charge in [-0.15, -0.1) is 0 Å². The number of nitrogens with zero attached hydrogens (tertiary/aromatic N) is 1. The molecule has 4 amide bonds. The summed E-state index contributed by atoms with van der Waals surface area (Å²) >= 11 is 10.2. The van der Waals surface area contributed by atoms with Gasteiger partial charge in [0.2, 0.25) is 0 Å². The van der Waals surface area contributed by atoms with Crippen molar-refractivity contribution in [2.45, 2.75) is 6.61 Å². The molecule has 0 radical (unpaired) electrons. The van der Waals surface area contributed by atoms with Crippen LogP contribution in [0.15, 0.2) is 85.7 Å². The van der Waals surface area contributed by atoms with Crippen molar-refractivity contribution in [3.63, 3.8) is 0 Å². The first kappa shape index (κ1) is 23.4. The lowest BCUT2D eigenvalue weighted by Gasteiger charge is -2.26. The van der Waals surface area contributed by atoms with E-state index in [9.17, 15) is 14.4 Å². The van der Waals surface area contributed by atoms with E-state index in [-0.39, 0.29) is 5.57 Å². The molecule has 0 bridgehead atoms. The minimum atomic E-state index is -0.789. The summed E-state index contributed by atoms with van der Waals surface area (Å²) in [7, 11) is 0. The molecule has 1 N–H and O–H groups in total. The van der Waals surface area contributed by atoms with Crippen molar-refractivity contribution in [1.82, 2.24) is 5.32 Å². The first-order valence-electron chi connectivity index (χ1n) is 9.65. The van der Waals surface area contributed by atoms with Gasteiger partial charge in [0.25, 0.3) is 11.8 Å². The Morgan fingerprint density at radius 2 is 1.48 bits per heavy atom. The lowest BCUT2D eigenvalue weighted by atomic mass is 10.1. The Hall–Kier alpha value is -2.75. The molecule has 6 nitrogen and oxygen atoms in total. The van der Waals surface area contributed by atoms with Gasteiger partial charge in [0.05, 0.1) is 10.2 Å². The van der Waals surface area contributed by atoms with Crippen LogP contribution in [0.25, 0.3) is 6.08 Å². The maximum Gasteiger partial charge on any atom is 0.335 e. The molecule has 0 saturated carbocycles. The molecule has 1 aliphatic rings. The number of barbiturate groups is 1. The van der Waals surface area contributed by atoms with Gasteiger partial charge in [0.1, 0.15) is 17.9 Å². The first-order chi connectivity index (χ1) is 15.8. The van der Waals surface area contributed by atoms with Crippen LogP contribution in [-0.2, 0) is 16.2 Å². The molecule has 0 aromatic heterocycles. The summed E-state index contributed by atoms with van der Waals surface area (Å²) in [6.45, 7) is 0.386. The molecule has 4 rings (SSSR count). The summed E-state index contributed by atoms with van der Waals surface area (Å²) < 4.78 is 8.32. The summed E-state index contributed by atoms with van der Waals surface area (Å²) in [6, 6.07) is 18.9. The molecule has 166 valence electrons. The second kappa shape index (κ2) is 10.0. The van der Waals surface area contributed by atoms with E-state index in [4.69, 9.17) is 4.74 Å². The van der Waals surface area contributed by atoms with E-state index in [0.29, 0.717) is 28.1 Å². The Morgan fingerprint density at radius 1 is 0.848 bits per heavy atom. The molecule has 0 unspecified atom stereocenters. The maximum atomic E-state index is 13.0. The number of nitrogens with one attached hydrogen (secondary N) is 1. The van der Waals surface area contributed by atoms with Crippen molar-refractivity contribution in [2.75, 3.05) is 4.90 Å². The number of ether oxygens (including phenoxy) is 1. The van der Waals surface area contributed by atoms with Gasteiger partial charge in [-0.3, -0.25) is 14.9 Å². The number of hydrogen-bond donors (Lipinski definition) is 1. The Balaban J connectivity index is 1.55. The lowest BCUT2D eigenvalue weighted by molar-refractivity contribution is -0.122. The highest BCUT2D eigenvalue weighted by Crippen LogP contribution is 2.29. The molecule has 33 heavy (non-hydrogen) atoms. The number of halogens is 3. The number of urea groups is 1. The van der Waals surface area contributed by atoms with Gasteiger partial charge in [0.15, 0.2) is 0 Å². The van der Waals surface area contributed by atoms with E-state index >= 15 is 0 Å². The fourth-order valence-electron chi connectivity index (χ4n) is 3.11. The molecule has 0 spiro atoms. The van der Waals surface area contributed by atoms with Crippen molar-refractivity contribution in [2.24, 2.45) is 0 Å². The predicted octanol–water partition coefficient (Wildman–Crippen LogP) is 6.22. The molecule has 0 atom stereocenters. The van der Waals surface area contributed by atoms with Crippen LogP contribution in [0.2, 0.25) is 0 Å². The number of hydrogen-bond acceptors (Lipinski definition) is 4. The van der Waals surface area contributed by atoms with Gasteiger partial charge < -0.3 is 4.74 Å². The van der Waals surface area contributed by atoms with E-state index in [0.717, 1.165) is 19.4 Å². The summed E-state index contributed by atoms with van der Waals surface area (Å²) in [6.07, 6.45) is 1.44. The highest BCUT2D eigenvalue weighted by molar-refractivity contribution is 9.11. The van der Waals surface area contributed by atoms with Crippen LogP contribution in [0.1, 0.15) is 11.1 Å². The first-order valence-corrected chi connectivity index (χ1v) is 12.0. The molecule has 9 heteroatoms. The molecule has 1 heterocycles. The van der Waals surface area contributed by atoms with Gasteiger partial charge in [-0.2, -0.15) is 0 Å². The summed E-state index contributed by atoms with van der Waals surface area (Å²) in [4.78, 5) is 38.6. The molecule has 1 aliphatic heterocycles. The fraction of sp³-hybridized carbons (Fsp3) is 0.0417. The lowest BCUT2D eigenvalue weighted by Crippen LogP contribution is -2.54. The normalized spacial score (nSPS) is 15.1. The van der Waals surface area contributed by atoms with Crippen LogP contribution in [0, 0.1) is 0 Å². The summed E-state index contributed by atoms with van der Waals surface area (Å²) in [5, 5.41) is 2.22. The zero-order valence-corrected chi connectivity index (χ0v) is 21.6. The van der Waals surface area contributed by atoms with E-state index in [1.165, 1.54) is 6.08 Å². The average Bonchev–Trinajstić information content (AvgIpc) is 2.78. The Bertz CT molecular complexity index is 1270. The van der Waals surface area contributed by atoms with Gasteiger partial charge in [0, 0.05) is 8.95 Å². The summed E-state index contributed by atoms with van der Waals surface area (Å²) in [5.41, 5.74) is 1.82. The zero-order valence-electron chi connectivity index (χ0n) is 16.8. The van der Waals surface area contributed by atoms with Crippen molar-refractivity contribution in [3.8, 4) is 5.75 Å². The highest BCUT2D eigenvalue weighted by atomic mass is 79.9. The van der Waals surface area contributed by atoms with Gasteiger partial charge >= 0.3 is 6.03 Å². The van der Waals surface area contributed by atoms with Crippen molar-refractivity contribution in [1.29, 1.82) is 0 Å². The molecule has 3 aromatic rings. The van der Waals surface area contributed by atoms with Crippen molar-refractivity contribution < 1.29 is 19.1 Å². The minimum absolute atomic E-state index is 0.145. The topological polar surface area (TPSA) is 75.7 Å². The largest absolute Gasteiger partial charge is 0.488 e. The molecule has 3 aromatic carbocycles. The number of anilines is 1. The quantitative estimate of drug-likeness (QED) is 0.267. The van der Waals surface area contributed by atoms with Crippen molar-refractivity contribution in [3.05, 3.63) is 96.8 Å². The number of carbonyl (C=O) groups excluding carboxylic acids is 3.